The molecule has 0 atom stereocenters. The molecule has 0 unspecified atom stereocenters. The molecule has 0 bridgehead atoms. The number of hydrogen-bond acceptors (Lipinski definition) is 3. The van der Waals surface area contributed by atoms with Crippen LogP contribution in [-0.2, 0) is 0 Å². The molecule has 0 saturated carbocycles. The number of benzene rings is 4. The molecule has 2 heterocycles. The van der Waals surface area contributed by atoms with E-state index in [0.29, 0.717) is 6.04 Å². The topological polar surface area (TPSA) is 16.4 Å². The van der Waals surface area contributed by atoms with Gasteiger partial charge in [-0.05, 0) is 50.2 Å². The molecule has 0 fully saturated rings. The largest absolute Gasteiger partial charge is 0.456 e. The Labute approximate surface area is 179 Å². The molecule has 2 nitrogen and oxygen atoms in total. The van der Waals surface area contributed by atoms with Crippen LogP contribution < -0.4 is 4.90 Å². The van der Waals surface area contributed by atoms with Gasteiger partial charge in [0.2, 0.25) is 0 Å². The van der Waals surface area contributed by atoms with Crippen LogP contribution in [0.4, 0.5) is 11.4 Å². The number of para-hydroxylation sites is 1. The fraction of sp³-hybridized carbons (Fsp3) is 0.111. The van der Waals surface area contributed by atoms with E-state index in [1.807, 2.05) is 23.5 Å². The average Bonchev–Trinajstić information content (AvgIpc) is 3.32. The molecule has 0 N–H and O–H groups in total. The van der Waals surface area contributed by atoms with Crippen LogP contribution in [0.25, 0.3) is 42.1 Å². The number of thiophene rings is 1. The van der Waals surface area contributed by atoms with Gasteiger partial charge in [-0.3, -0.25) is 0 Å². The number of fused-ring (bicyclic) bond motifs is 6. The van der Waals surface area contributed by atoms with Crippen LogP contribution in [-0.4, -0.2) is 6.04 Å². The van der Waals surface area contributed by atoms with E-state index in [4.69, 9.17) is 4.42 Å². The lowest BCUT2D eigenvalue weighted by molar-refractivity contribution is 0.668. The zero-order valence-corrected chi connectivity index (χ0v) is 17.7. The minimum atomic E-state index is 0.302. The maximum Gasteiger partial charge on any atom is 0.137 e. The van der Waals surface area contributed by atoms with Crippen molar-refractivity contribution in [3.63, 3.8) is 0 Å². The second-order valence-electron chi connectivity index (χ2n) is 7.99. The summed E-state index contributed by atoms with van der Waals surface area (Å²) in [6, 6.07) is 30.5. The van der Waals surface area contributed by atoms with Gasteiger partial charge in [-0.2, -0.15) is 0 Å². The van der Waals surface area contributed by atoms with Crippen LogP contribution in [0, 0.1) is 0 Å². The van der Waals surface area contributed by atoms with Gasteiger partial charge in [0.25, 0.3) is 0 Å². The summed E-state index contributed by atoms with van der Waals surface area (Å²) in [5.41, 5.74) is 4.27. The first-order valence-electron chi connectivity index (χ1n) is 10.3. The maximum absolute atomic E-state index is 6.18. The lowest BCUT2D eigenvalue weighted by Crippen LogP contribution is -2.25. The molecule has 2 aromatic heterocycles. The summed E-state index contributed by atoms with van der Waals surface area (Å²) in [5.74, 6) is 0. The molecule has 0 saturated heterocycles. The summed E-state index contributed by atoms with van der Waals surface area (Å²) in [6.45, 7) is 4.49. The van der Waals surface area contributed by atoms with Crippen LogP contribution in [0.2, 0.25) is 0 Å². The monoisotopic (exact) mass is 407 g/mol. The summed E-state index contributed by atoms with van der Waals surface area (Å²) in [6.07, 6.45) is 0. The molecule has 0 aliphatic rings. The lowest BCUT2D eigenvalue weighted by Gasteiger charge is -2.30. The zero-order valence-electron chi connectivity index (χ0n) is 16.9. The van der Waals surface area contributed by atoms with Crippen molar-refractivity contribution in [1.82, 2.24) is 0 Å². The van der Waals surface area contributed by atoms with Crippen LogP contribution >= 0.6 is 11.3 Å². The molecule has 0 aliphatic carbocycles. The highest BCUT2D eigenvalue weighted by atomic mass is 32.1. The Kier molecular flexibility index (Phi) is 3.87. The second-order valence-corrected chi connectivity index (χ2v) is 9.07. The van der Waals surface area contributed by atoms with Crippen LogP contribution in [0.5, 0.6) is 0 Å². The summed E-state index contributed by atoms with van der Waals surface area (Å²) in [7, 11) is 0. The molecule has 4 aromatic carbocycles. The van der Waals surface area contributed by atoms with Crippen molar-refractivity contribution >= 4 is 64.8 Å². The normalized spacial score (nSPS) is 12.0. The number of hydrogen-bond donors (Lipinski definition) is 0. The molecule has 0 aliphatic heterocycles. The third kappa shape index (κ3) is 2.55. The van der Waals surface area contributed by atoms with Gasteiger partial charge in [-0.25, -0.2) is 0 Å². The van der Waals surface area contributed by atoms with Gasteiger partial charge in [-0.1, -0.05) is 42.5 Å². The molecule has 0 radical (unpaired) electrons. The molecule has 6 aromatic rings. The van der Waals surface area contributed by atoms with E-state index in [9.17, 15) is 0 Å². The highest BCUT2D eigenvalue weighted by molar-refractivity contribution is 7.25. The quantitative estimate of drug-likeness (QED) is 0.292. The van der Waals surface area contributed by atoms with E-state index < -0.39 is 0 Å². The van der Waals surface area contributed by atoms with Crippen LogP contribution in [0.1, 0.15) is 13.8 Å². The minimum absolute atomic E-state index is 0.302. The zero-order chi connectivity index (χ0) is 20.2. The van der Waals surface area contributed by atoms with E-state index in [0.717, 1.165) is 22.2 Å². The smallest absolute Gasteiger partial charge is 0.137 e. The molecular formula is C27H21NOS. The Balaban J connectivity index is 1.61. The van der Waals surface area contributed by atoms with Crippen molar-refractivity contribution in [2.75, 3.05) is 4.90 Å². The lowest BCUT2D eigenvalue weighted by atomic mass is 10.1. The van der Waals surface area contributed by atoms with E-state index in [-0.39, 0.29) is 0 Å². The highest BCUT2D eigenvalue weighted by Gasteiger charge is 2.19. The van der Waals surface area contributed by atoms with Gasteiger partial charge in [0, 0.05) is 48.7 Å². The van der Waals surface area contributed by atoms with Crippen LogP contribution in [0.3, 0.4) is 0 Å². The Morgan fingerprint density at radius 3 is 2.30 bits per heavy atom. The van der Waals surface area contributed by atoms with E-state index in [2.05, 4.69) is 91.5 Å². The Bertz CT molecular complexity index is 1540. The van der Waals surface area contributed by atoms with Gasteiger partial charge in [0.05, 0.1) is 5.69 Å². The van der Waals surface area contributed by atoms with Crippen molar-refractivity contribution in [2.24, 2.45) is 0 Å². The first-order chi connectivity index (χ1) is 14.7. The molecular weight excluding hydrogens is 386 g/mol. The van der Waals surface area contributed by atoms with Gasteiger partial charge in [0.15, 0.2) is 0 Å². The van der Waals surface area contributed by atoms with Crippen molar-refractivity contribution in [2.45, 2.75) is 19.9 Å². The summed E-state index contributed by atoms with van der Waals surface area (Å²) in [5, 5.41) is 4.98. The Morgan fingerprint density at radius 2 is 1.43 bits per heavy atom. The van der Waals surface area contributed by atoms with Gasteiger partial charge >= 0.3 is 0 Å². The highest BCUT2D eigenvalue weighted by Crippen LogP contribution is 2.43. The minimum Gasteiger partial charge on any atom is -0.456 e. The van der Waals surface area contributed by atoms with Gasteiger partial charge in [-0.15, -0.1) is 11.3 Å². The SMILES string of the molecule is CC(C)N(c1ccc2c(c1)oc1ccccc12)c1cccc2sc3ccccc3c12. The number of nitrogens with zero attached hydrogens (tertiary/aromatic N) is 1. The molecule has 0 amide bonds. The first-order valence-corrected chi connectivity index (χ1v) is 11.1. The standard InChI is InChI=1S/C27H21NOS/c1-17(2)28(18-14-15-20-19-8-3-5-11-23(19)29-24(20)16-18)22-10-7-13-26-27(22)21-9-4-6-12-25(21)30-26/h3-17H,1-2H3. The third-order valence-corrected chi connectivity index (χ3v) is 6.93. The summed E-state index contributed by atoms with van der Waals surface area (Å²) in [4.78, 5) is 2.42. The van der Waals surface area contributed by atoms with Crippen molar-refractivity contribution in [1.29, 1.82) is 0 Å². The summed E-state index contributed by atoms with van der Waals surface area (Å²) < 4.78 is 8.83. The van der Waals surface area contributed by atoms with Gasteiger partial charge < -0.3 is 9.32 Å². The number of furan rings is 1. The maximum atomic E-state index is 6.18. The second kappa shape index (κ2) is 6.61. The van der Waals surface area contributed by atoms with Gasteiger partial charge in [0.1, 0.15) is 11.2 Å². The van der Waals surface area contributed by atoms with E-state index >= 15 is 0 Å². The van der Waals surface area contributed by atoms with E-state index in [1.54, 1.807) is 0 Å². The average molecular weight is 408 g/mol. The van der Waals surface area contributed by atoms with Crippen molar-refractivity contribution < 1.29 is 4.42 Å². The molecule has 3 heteroatoms. The molecule has 30 heavy (non-hydrogen) atoms. The Morgan fingerprint density at radius 1 is 0.700 bits per heavy atom. The van der Waals surface area contributed by atoms with E-state index in [1.165, 1.54) is 31.2 Å². The third-order valence-electron chi connectivity index (χ3n) is 5.80. The predicted octanol–water partition coefficient (Wildman–Crippen LogP) is 8.50. The van der Waals surface area contributed by atoms with Crippen molar-refractivity contribution in [3.8, 4) is 0 Å². The van der Waals surface area contributed by atoms with Crippen LogP contribution in [0.15, 0.2) is 89.3 Å². The molecule has 0 spiro atoms. The first kappa shape index (κ1) is 17.5. The summed E-state index contributed by atoms with van der Waals surface area (Å²) >= 11 is 1.86. The fourth-order valence-corrected chi connectivity index (χ4v) is 5.66. The number of rotatable bonds is 3. The fourth-order valence-electron chi connectivity index (χ4n) is 4.54. The Hall–Kier alpha value is -3.30. The number of anilines is 2. The molecule has 6 rings (SSSR count). The van der Waals surface area contributed by atoms with Crippen molar-refractivity contribution in [3.05, 3.63) is 84.9 Å². The predicted molar refractivity (Wildman–Crippen MR) is 130 cm³/mol. The molecule has 146 valence electrons.